The molecule has 5 rings (SSSR count). The minimum atomic E-state index is 0.877. The van der Waals surface area contributed by atoms with Crippen LogP contribution in [0.3, 0.4) is 0 Å². The SMILES string of the molecule is C(=Cc1cccc(-c2nc3ccccc3[nH]2)c1)c1cccc(-c2ncc[nH]2)c1. The molecule has 0 aliphatic carbocycles. The summed E-state index contributed by atoms with van der Waals surface area (Å²) < 4.78 is 0. The van der Waals surface area contributed by atoms with Gasteiger partial charge in [-0.05, 0) is 35.4 Å². The number of H-pyrrole nitrogens is 2. The fraction of sp³-hybridized carbons (Fsp3) is 0. The Balaban J connectivity index is 1.43. The summed E-state index contributed by atoms with van der Waals surface area (Å²) in [5, 5.41) is 0. The van der Waals surface area contributed by atoms with E-state index in [0.717, 1.165) is 44.9 Å². The molecule has 2 heterocycles. The van der Waals surface area contributed by atoms with Crippen molar-refractivity contribution in [1.82, 2.24) is 19.9 Å². The van der Waals surface area contributed by atoms with E-state index in [2.05, 4.69) is 69.6 Å². The molecule has 28 heavy (non-hydrogen) atoms. The molecule has 0 unspecified atom stereocenters. The Kier molecular flexibility index (Phi) is 4.07. The third kappa shape index (κ3) is 3.23. The van der Waals surface area contributed by atoms with Gasteiger partial charge in [0, 0.05) is 23.5 Å². The number of hydrogen-bond acceptors (Lipinski definition) is 2. The van der Waals surface area contributed by atoms with Crippen molar-refractivity contribution in [3.63, 3.8) is 0 Å². The van der Waals surface area contributed by atoms with Crippen molar-refractivity contribution in [2.45, 2.75) is 0 Å². The predicted octanol–water partition coefficient (Wildman–Crippen LogP) is 5.79. The topological polar surface area (TPSA) is 57.4 Å². The summed E-state index contributed by atoms with van der Waals surface area (Å²) in [5.41, 5.74) is 6.43. The fourth-order valence-electron chi connectivity index (χ4n) is 3.28. The van der Waals surface area contributed by atoms with E-state index in [-0.39, 0.29) is 0 Å². The Morgan fingerprint density at radius 1 is 0.714 bits per heavy atom. The quantitative estimate of drug-likeness (QED) is 0.398. The fourth-order valence-corrected chi connectivity index (χ4v) is 3.28. The van der Waals surface area contributed by atoms with E-state index in [1.54, 1.807) is 6.20 Å². The van der Waals surface area contributed by atoms with E-state index in [0.29, 0.717) is 0 Å². The number of benzene rings is 3. The van der Waals surface area contributed by atoms with Crippen molar-refractivity contribution in [2.75, 3.05) is 0 Å². The van der Waals surface area contributed by atoms with Crippen LogP contribution in [0.2, 0.25) is 0 Å². The van der Waals surface area contributed by atoms with Gasteiger partial charge in [0.2, 0.25) is 0 Å². The lowest BCUT2D eigenvalue weighted by molar-refractivity contribution is 1.31. The molecule has 0 saturated heterocycles. The van der Waals surface area contributed by atoms with Gasteiger partial charge in [-0.25, -0.2) is 9.97 Å². The van der Waals surface area contributed by atoms with Gasteiger partial charge in [0.15, 0.2) is 0 Å². The third-order valence-corrected chi connectivity index (χ3v) is 4.68. The molecule has 3 aromatic carbocycles. The average Bonchev–Trinajstić information content (AvgIpc) is 3.43. The van der Waals surface area contributed by atoms with Crippen molar-refractivity contribution in [1.29, 1.82) is 0 Å². The van der Waals surface area contributed by atoms with Crippen LogP contribution >= 0.6 is 0 Å². The maximum absolute atomic E-state index is 4.69. The summed E-state index contributed by atoms with van der Waals surface area (Å²) in [6.07, 6.45) is 7.83. The molecule has 0 radical (unpaired) electrons. The van der Waals surface area contributed by atoms with E-state index in [1.807, 2.05) is 36.5 Å². The van der Waals surface area contributed by atoms with Gasteiger partial charge in [-0.2, -0.15) is 0 Å². The number of para-hydroxylation sites is 2. The minimum Gasteiger partial charge on any atom is -0.345 e. The number of fused-ring (bicyclic) bond motifs is 1. The second-order valence-electron chi connectivity index (χ2n) is 6.62. The van der Waals surface area contributed by atoms with E-state index in [1.165, 1.54) is 0 Å². The van der Waals surface area contributed by atoms with Crippen molar-refractivity contribution in [3.8, 4) is 22.8 Å². The summed E-state index contributed by atoms with van der Waals surface area (Å²) in [5.74, 6) is 1.76. The first-order valence-corrected chi connectivity index (χ1v) is 9.18. The summed E-state index contributed by atoms with van der Waals surface area (Å²) in [4.78, 5) is 15.5. The van der Waals surface area contributed by atoms with Crippen LogP contribution in [-0.2, 0) is 0 Å². The molecule has 0 spiro atoms. The number of aromatic amines is 2. The van der Waals surface area contributed by atoms with Gasteiger partial charge < -0.3 is 9.97 Å². The molecule has 2 aromatic heterocycles. The van der Waals surface area contributed by atoms with Gasteiger partial charge in [-0.15, -0.1) is 0 Å². The van der Waals surface area contributed by atoms with Crippen molar-refractivity contribution < 1.29 is 0 Å². The van der Waals surface area contributed by atoms with Crippen molar-refractivity contribution in [3.05, 3.63) is 96.3 Å². The van der Waals surface area contributed by atoms with Gasteiger partial charge in [0.05, 0.1) is 11.0 Å². The summed E-state index contributed by atoms with van der Waals surface area (Å²) in [7, 11) is 0. The average molecular weight is 362 g/mol. The highest BCUT2D eigenvalue weighted by Gasteiger charge is 2.05. The zero-order valence-corrected chi connectivity index (χ0v) is 15.1. The summed E-state index contributed by atoms with van der Waals surface area (Å²) in [6, 6.07) is 24.8. The lowest BCUT2D eigenvalue weighted by Crippen LogP contribution is -1.82. The molecular formula is C24H18N4. The molecule has 0 aliphatic heterocycles. The van der Waals surface area contributed by atoms with Gasteiger partial charge in [0.25, 0.3) is 0 Å². The molecule has 0 bridgehead atoms. The van der Waals surface area contributed by atoms with Gasteiger partial charge >= 0.3 is 0 Å². The van der Waals surface area contributed by atoms with Crippen molar-refractivity contribution >= 4 is 23.2 Å². The van der Waals surface area contributed by atoms with E-state index < -0.39 is 0 Å². The molecule has 2 N–H and O–H groups in total. The summed E-state index contributed by atoms with van der Waals surface area (Å²) >= 11 is 0. The Bertz CT molecular complexity index is 1230. The second kappa shape index (κ2) is 7.00. The molecular weight excluding hydrogens is 344 g/mol. The normalized spacial score (nSPS) is 11.4. The highest BCUT2D eigenvalue weighted by atomic mass is 14.9. The van der Waals surface area contributed by atoms with E-state index in [4.69, 9.17) is 4.98 Å². The van der Waals surface area contributed by atoms with E-state index in [9.17, 15) is 0 Å². The molecule has 4 nitrogen and oxygen atoms in total. The van der Waals surface area contributed by atoms with Gasteiger partial charge in [0.1, 0.15) is 11.6 Å². The second-order valence-corrected chi connectivity index (χ2v) is 6.62. The monoisotopic (exact) mass is 362 g/mol. The molecule has 0 fully saturated rings. The van der Waals surface area contributed by atoms with Crippen LogP contribution in [0.1, 0.15) is 11.1 Å². The van der Waals surface area contributed by atoms with Crippen LogP contribution in [0.15, 0.2) is 85.2 Å². The van der Waals surface area contributed by atoms with Crippen LogP contribution in [0.4, 0.5) is 0 Å². The molecule has 5 aromatic rings. The van der Waals surface area contributed by atoms with Crippen LogP contribution < -0.4 is 0 Å². The maximum atomic E-state index is 4.69. The predicted molar refractivity (Wildman–Crippen MR) is 114 cm³/mol. The third-order valence-electron chi connectivity index (χ3n) is 4.68. The Morgan fingerprint density at radius 2 is 1.43 bits per heavy atom. The smallest absolute Gasteiger partial charge is 0.138 e. The maximum Gasteiger partial charge on any atom is 0.138 e. The first-order valence-electron chi connectivity index (χ1n) is 9.18. The highest BCUT2D eigenvalue weighted by Crippen LogP contribution is 2.23. The van der Waals surface area contributed by atoms with Crippen LogP contribution in [0.25, 0.3) is 46.0 Å². The Labute approximate surface area is 162 Å². The summed E-state index contributed by atoms with van der Waals surface area (Å²) in [6.45, 7) is 0. The molecule has 0 aliphatic rings. The van der Waals surface area contributed by atoms with Crippen LogP contribution in [-0.4, -0.2) is 19.9 Å². The Hall–Kier alpha value is -3.92. The lowest BCUT2D eigenvalue weighted by atomic mass is 10.1. The number of aromatic nitrogens is 4. The van der Waals surface area contributed by atoms with Gasteiger partial charge in [-0.3, -0.25) is 0 Å². The zero-order chi connectivity index (χ0) is 18.8. The minimum absolute atomic E-state index is 0.877. The highest BCUT2D eigenvalue weighted by molar-refractivity contribution is 5.80. The number of rotatable bonds is 4. The first kappa shape index (κ1) is 16.3. The Morgan fingerprint density at radius 3 is 2.11 bits per heavy atom. The molecule has 0 saturated carbocycles. The number of nitrogens with one attached hydrogen (secondary N) is 2. The molecule has 134 valence electrons. The van der Waals surface area contributed by atoms with Crippen LogP contribution in [0.5, 0.6) is 0 Å². The lowest BCUT2D eigenvalue weighted by Gasteiger charge is -2.01. The molecule has 0 amide bonds. The number of nitrogens with zero attached hydrogens (tertiary/aromatic N) is 2. The zero-order valence-electron chi connectivity index (χ0n) is 15.1. The van der Waals surface area contributed by atoms with Crippen molar-refractivity contribution in [2.24, 2.45) is 0 Å². The molecule has 4 heteroatoms. The van der Waals surface area contributed by atoms with Gasteiger partial charge in [-0.1, -0.05) is 60.7 Å². The number of imidazole rings is 2. The van der Waals surface area contributed by atoms with Crippen LogP contribution in [0, 0.1) is 0 Å². The number of hydrogen-bond donors (Lipinski definition) is 2. The first-order chi connectivity index (χ1) is 13.8. The standard InChI is InChI=1S/C24H18N4/c1-2-10-22-21(9-1)27-24(28-22)20-8-4-6-18(16-20)12-11-17-5-3-7-19(15-17)23-25-13-14-26-23/h1-16H,(H,25,26)(H,27,28). The largest absolute Gasteiger partial charge is 0.345 e. The van der Waals surface area contributed by atoms with E-state index >= 15 is 0 Å². The molecule has 0 atom stereocenters.